The third-order valence-electron chi connectivity index (χ3n) is 2.36. The lowest BCUT2D eigenvalue weighted by molar-refractivity contribution is -0.692. The molecular weight excluding hydrogens is 310 g/mol. The van der Waals surface area contributed by atoms with E-state index >= 15 is 0 Å². The van der Waals surface area contributed by atoms with E-state index in [1.54, 1.807) is 32.7 Å². The molecule has 0 radical (unpaired) electrons. The van der Waals surface area contributed by atoms with Gasteiger partial charge in [0.1, 0.15) is 6.54 Å². The van der Waals surface area contributed by atoms with Gasteiger partial charge in [0.2, 0.25) is 5.51 Å². The first-order valence-corrected chi connectivity index (χ1v) is 7.70. The van der Waals surface area contributed by atoms with E-state index in [1.807, 2.05) is 0 Å². The molecule has 0 atom stereocenters. The van der Waals surface area contributed by atoms with Gasteiger partial charge >= 0.3 is 8.80 Å². The van der Waals surface area contributed by atoms with Gasteiger partial charge in [0.25, 0.3) is 0 Å². The van der Waals surface area contributed by atoms with Crippen molar-refractivity contribution in [2.45, 2.75) is 19.0 Å². The van der Waals surface area contributed by atoms with Crippen molar-refractivity contribution in [3.8, 4) is 0 Å². The first kappa shape index (κ1) is 16.2. The summed E-state index contributed by atoms with van der Waals surface area (Å²) in [5, 5.41) is 2.06. The fourth-order valence-electron chi connectivity index (χ4n) is 1.42. The fraction of sp³-hybridized carbons (Fsp3) is 0.667. The molecule has 0 spiro atoms. The first-order valence-electron chi connectivity index (χ1n) is 4.83. The van der Waals surface area contributed by atoms with Gasteiger partial charge in [-0.15, -0.1) is 0 Å². The largest absolute Gasteiger partial charge is 1.00 e. The molecule has 0 saturated carbocycles. The maximum atomic E-state index is 5.34. The summed E-state index contributed by atoms with van der Waals surface area (Å²) in [6.07, 6.45) is 3.07. The van der Waals surface area contributed by atoms with Crippen LogP contribution in [0.4, 0.5) is 0 Å². The van der Waals surface area contributed by atoms with E-state index in [0.29, 0.717) is 0 Å². The molecule has 0 aliphatic rings. The molecule has 1 heterocycles. The summed E-state index contributed by atoms with van der Waals surface area (Å²) in [7, 11) is 2.59. The number of hydrogen-bond acceptors (Lipinski definition) is 4. The van der Waals surface area contributed by atoms with E-state index in [1.165, 1.54) is 0 Å². The highest BCUT2D eigenvalue weighted by Gasteiger charge is 2.37. The van der Waals surface area contributed by atoms with E-state index in [2.05, 4.69) is 21.7 Å². The molecule has 1 aromatic rings. The maximum absolute atomic E-state index is 5.34. The molecule has 16 heavy (non-hydrogen) atoms. The van der Waals surface area contributed by atoms with Crippen LogP contribution in [0.2, 0.25) is 6.04 Å². The number of aromatic nitrogens is 1. The molecule has 94 valence electrons. The van der Waals surface area contributed by atoms with Crippen LogP contribution in [0, 0.1) is 0 Å². The van der Waals surface area contributed by atoms with Gasteiger partial charge in [-0.05, 0) is 0 Å². The fourth-order valence-corrected chi connectivity index (χ4v) is 3.76. The topological polar surface area (TPSA) is 31.6 Å². The highest BCUT2D eigenvalue weighted by atomic mass is 79.9. The Balaban J connectivity index is 0.00000225. The number of rotatable bonds is 7. The molecule has 1 rings (SSSR count). The maximum Gasteiger partial charge on any atom is 0.500 e. The summed E-state index contributed by atoms with van der Waals surface area (Å²) >= 11 is 1.70. The van der Waals surface area contributed by atoms with Crippen molar-refractivity contribution in [3.63, 3.8) is 0 Å². The molecule has 0 N–H and O–H groups in total. The van der Waals surface area contributed by atoms with Crippen molar-refractivity contribution in [2.75, 3.05) is 21.3 Å². The lowest BCUT2D eigenvalue weighted by atomic mass is 10.5. The van der Waals surface area contributed by atoms with Crippen molar-refractivity contribution in [3.05, 3.63) is 17.1 Å². The summed E-state index contributed by atoms with van der Waals surface area (Å²) in [5.74, 6) is 0. The van der Waals surface area contributed by atoms with Gasteiger partial charge in [-0.25, -0.2) is 0 Å². The average molecular weight is 328 g/mol. The predicted molar refractivity (Wildman–Crippen MR) is 60.7 cm³/mol. The highest BCUT2D eigenvalue weighted by Crippen LogP contribution is 2.14. The quantitative estimate of drug-likeness (QED) is 0.442. The van der Waals surface area contributed by atoms with Crippen LogP contribution in [0.15, 0.2) is 17.1 Å². The molecule has 7 heteroatoms. The molecule has 0 aliphatic carbocycles. The number of aryl methyl sites for hydroxylation is 1. The molecule has 1 aromatic heterocycles. The standard InChI is InChI=1S/C9H18NO3SSi.BrH/c1-11-15(12-2,13-3)8-4-5-10-6-7-14-9-10;/h6-7,9H,4-5,8H2,1-3H3;1H/q+1;/p-1. The Hall–Kier alpha value is 0.207. The van der Waals surface area contributed by atoms with Gasteiger partial charge < -0.3 is 30.3 Å². The van der Waals surface area contributed by atoms with Crippen molar-refractivity contribution < 1.29 is 34.8 Å². The van der Waals surface area contributed by atoms with Crippen LogP contribution in [0.5, 0.6) is 0 Å². The van der Waals surface area contributed by atoms with E-state index in [0.717, 1.165) is 19.0 Å². The minimum absolute atomic E-state index is 0. The molecule has 0 unspecified atom stereocenters. The molecule has 0 amide bonds. The third kappa shape index (κ3) is 4.60. The van der Waals surface area contributed by atoms with Crippen molar-refractivity contribution >= 4 is 20.1 Å². The molecular formula is C9H18BrNO3SSi. The van der Waals surface area contributed by atoms with E-state index in [-0.39, 0.29) is 17.0 Å². The third-order valence-corrected chi connectivity index (χ3v) is 5.86. The second-order valence-corrected chi connectivity index (χ2v) is 7.01. The Morgan fingerprint density at radius 3 is 2.25 bits per heavy atom. The smallest absolute Gasteiger partial charge is 0.500 e. The number of thiazole rings is 1. The van der Waals surface area contributed by atoms with Crippen LogP contribution in [-0.2, 0) is 19.8 Å². The van der Waals surface area contributed by atoms with Crippen LogP contribution >= 0.6 is 11.3 Å². The van der Waals surface area contributed by atoms with Gasteiger partial charge in [0.05, 0.1) is 5.38 Å². The Labute approximate surface area is 112 Å². The van der Waals surface area contributed by atoms with Crippen molar-refractivity contribution in [2.24, 2.45) is 0 Å². The van der Waals surface area contributed by atoms with Crippen LogP contribution in [0.1, 0.15) is 6.42 Å². The van der Waals surface area contributed by atoms with E-state index < -0.39 is 8.80 Å². The molecule has 0 saturated heterocycles. The molecule has 0 bridgehead atoms. The zero-order chi connectivity index (χ0) is 11.1. The van der Waals surface area contributed by atoms with Crippen LogP contribution in [0.3, 0.4) is 0 Å². The monoisotopic (exact) mass is 327 g/mol. The Kier molecular flexibility index (Phi) is 8.43. The number of nitrogens with zero attached hydrogens (tertiary/aromatic N) is 1. The van der Waals surface area contributed by atoms with Gasteiger partial charge in [0.15, 0.2) is 6.20 Å². The Morgan fingerprint density at radius 2 is 1.81 bits per heavy atom. The first-order chi connectivity index (χ1) is 7.26. The van der Waals surface area contributed by atoms with Crippen LogP contribution in [-0.4, -0.2) is 30.1 Å². The zero-order valence-electron chi connectivity index (χ0n) is 9.81. The number of halogens is 1. The highest BCUT2D eigenvalue weighted by molar-refractivity contribution is 7.07. The molecule has 0 fully saturated rings. The van der Waals surface area contributed by atoms with E-state index in [4.69, 9.17) is 13.3 Å². The van der Waals surface area contributed by atoms with Crippen molar-refractivity contribution in [1.82, 2.24) is 0 Å². The zero-order valence-corrected chi connectivity index (χ0v) is 13.2. The van der Waals surface area contributed by atoms with Gasteiger partial charge in [0, 0.05) is 33.8 Å². The summed E-state index contributed by atoms with van der Waals surface area (Å²) in [6.45, 7) is 0.980. The summed E-state index contributed by atoms with van der Waals surface area (Å²) < 4.78 is 18.2. The van der Waals surface area contributed by atoms with Gasteiger partial charge in [-0.2, -0.15) is 4.57 Å². The second-order valence-electron chi connectivity index (χ2n) is 3.16. The van der Waals surface area contributed by atoms with Crippen LogP contribution in [0.25, 0.3) is 0 Å². The molecule has 0 aliphatic heterocycles. The summed E-state index contributed by atoms with van der Waals surface area (Å²) in [4.78, 5) is 0. The van der Waals surface area contributed by atoms with Gasteiger partial charge in [-0.1, -0.05) is 11.3 Å². The minimum Gasteiger partial charge on any atom is -1.00 e. The SMILES string of the molecule is CO[Si](CCC[n+]1ccsc1)(OC)OC.[Br-]. The Bertz CT molecular complexity index is 261. The minimum atomic E-state index is -2.36. The Morgan fingerprint density at radius 1 is 1.19 bits per heavy atom. The summed E-state index contributed by atoms with van der Waals surface area (Å²) in [6, 6.07) is 0.847. The van der Waals surface area contributed by atoms with Crippen LogP contribution < -0.4 is 21.5 Å². The van der Waals surface area contributed by atoms with Crippen molar-refractivity contribution in [1.29, 1.82) is 0 Å². The van der Waals surface area contributed by atoms with Gasteiger partial charge in [-0.3, -0.25) is 0 Å². The second kappa shape index (κ2) is 8.32. The lowest BCUT2D eigenvalue weighted by Gasteiger charge is -2.23. The molecule has 4 nitrogen and oxygen atoms in total. The normalized spacial score (nSPS) is 11.2. The van der Waals surface area contributed by atoms with E-state index in [9.17, 15) is 0 Å². The molecule has 0 aromatic carbocycles. The summed E-state index contributed by atoms with van der Waals surface area (Å²) in [5.41, 5.74) is 2.09. The average Bonchev–Trinajstić information content (AvgIpc) is 2.78. The number of hydrogen-bond donors (Lipinski definition) is 0. The lowest BCUT2D eigenvalue weighted by Crippen LogP contribution is -3.00. The predicted octanol–water partition coefficient (Wildman–Crippen LogP) is -1.69.